The second kappa shape index (κ2) is 8.22. The Balaban J connectivity index is 2.00. The maximum atomic E-state index is 12.4. The van der Waals surface area contributed by atoms with Gasteiger partial charge in [-0.15, -0.1) is 0 Å². The number of benzene rings is 2. The number of ether oxygens (including phenoxy) is 2. The van der Waals surface area contributed by atoms with Gasteiger partial charge >= 0.3 is 0 Å². The summed E-state index contributed by atoms with van der Waals surface area (Å²) in [7, 11) is 1.58. The van der Waals surface area contributed by atoms with Crippen LogP contribution in [0.4, 0.5) is 0 Å². The molecule has 0 radical (unpaired) electrons. The molecule has 0 unspecified atom stereocenters. The maximum absolute atomic E-state index is 12.4. The van der Waals surface area contributed by atoms with Gasteiger partial charge in [0.15, 0.2) is 17.6 Å². The number of carbonyl (C=O) groups excluding carboxylic acids is 1. The molecule has 0 heterocycles. The van der Waals surface area contributed by atoms with Gasteiger partial charge in [0, 0.05) is 6.54 Å². The molecule has 0 bridgehead atoms. The minimum atomic E-state index is -0.546. The minimum absolute atomic E-state index is 0.123. The van der Waals surface area contributed by atoms with Crippen LogP contribution in [-0.4, -0.2) is 19.1 Å². The molecule has 4 nitrogen and oxygen atoms in total. The Labute approximate surface area is 137 Å². The van der Waals surface area contributed by atoms with Gasteiger partial charge in [0.1, 0.15) is 0 Å². The van der Waals surface area contributed by atoms with Crippen molar-refractivity contribution in [1.82, 2.24) is 5.32 Å². The summed E-state index contributed by atoms with van der Waals surface area (Å²) in [5, 5.41) is 2.94. The number of methoxy groups -OCH3 is 1. The molecule has 0 aliphatic carbocycles. The first-order chi connectivity index (χ1) is 11.2. The predicted octanol–water partition coefficient (Wildman–Crippen LogP) is 3.48. The molecule has 122 valence electrons. The van der Waals surface area contributed by atoms with Crippen molar-refractivity contribution < 1.29 is 14.3 Å². The first kappa shape index (κ1) is 16.9. The molecular weight excluding hydrogens is 290 g/mol. The molecule has 0 spiro atoms. The van der Waals surface area contributed by atoms with E-state index in [0.717, 1.165) is 11.1 Å². The van der Waals surface area contributed by atoms with Gasteiger partial charge in [-0.05, 0) is 36.6 Å². The van der Waals surface area contributed by atoms with Crippen LogP contribution < -0.4 is 14.8 Å². The first-order valence-corrected chi connectivity index (χ1v) is 7.77. The van der Waals surface area contributed by atoms with Crippen molar-refractivity contribution in [2.75, 3.05) is 7.11 Å². The van der Waals surface area contributed by atoms with Crippen LogP contribution in [0.15, 0.2) is 48.5 Å². The molecule has 0 aromatic heterocycles. The van der Waals surface area contributed by atoms with Crippen molar-refractivity contribution in [1.29, 1.82) is 0 Å². The normalized spacial score (nSPS) is 11.6. The molecule has 0 fully saturated rings. The number of amides is 1. The van der Waals surface area contributed by atoms with E-state index >= 15 is 0 Å². The number of aryl methyl sites for hydroxylation is 1. The molecule has 2 rings (SSSR count). The Morgan fingerprint density at radius 3 is 2.39 bits per heavy atom. The highest BCUT2D eigenvalue weighted by molar-refractivity contribution is 5.81. The van der Waals surface area contributed by atoms with Crippen LogP contribution in [0.2, 0.25) is 0 Å². The largest absolute Gasteiger partial charge is 0.493 e. The van der Waals surface area contributed by atoms with Crippen LogP contribution in [0, 0.1) is 6.92 Å². The van der Waals surface area contributed by atoms with Gasteiger partial charge in [-0.2, -0.15) is 0 Å². The van der Waals surface area contributed by atoms with E-state index in [0.29, 0.717) is 24.5 Å². The Morgan fingerprint density at radius 1 is 1.09 bits per heavy atom. The molecule has 0 aliphatic heterocycles. The summed E-state index contributed by atoms with van der Waals surface area (Å²) >= 11 is 0. The molecule has 1 N–H and O–H groups in total. The first-order valence-electron chi connectivity index (χ1n) is 7.77. The van der Waals surface area contributed by atoms with Gasteiger partial charge in [0.25, 0.3) is 5.91 Å². The quantitative estimate of drug-likeness (QED) is 0.851. The summed E-state index contributed by atoms with van der Waals surface area (Å²) in [6.45, 7) is 4.45. The Kier molecular flexibility index (Phi) is 6.03. The average molecular weight is 313 g/mol. The van der Waals surface area contributed by atoms with Crippen LogP contribution in [0.5, 0.6) is 11.5 Å². The maximum Gasteiger partial charge on any atom is 0.261 e. The highest BCUT2D eigenvalue weighted by Gasteiger charge is 2.19. The second-order valence-corrected chi connectivity index (χ2v) is 5.31. The summed E-state index contributed by atoms with van der Waals surface area (Å²) in [6.07, 6.45) is 0.0350. The minimum Gasteiger partial charge on any atom is -0.493 e. The van der Waals surface area contributed by atoms with Crippen molar-refractivity contribution >= 4 is 5.91 Å². The zero-order chi connectivity index (χ0) is 16.7. The van der Waals surface area contributed by atoms with Crippen molar-refractivity contribution in [3.05, 3.63) is 59.7 Å². The summed E-state index contributed by atoms with van der Waals surface area (Å²) in [6, 6.07) is 15.3. The van der Waals surface area contributed by atoms with E-state index in [2.05, 4.69) is 5.32 Å². The molecule has 4 heteroatoms. The van der Waals surface area contributed by atoms with Crippen molar-refractivity contribution in [3.8, 4) is 11.5 Å². The number of rotatable bonds is 7. The Hall–Kier alpha value is -2.49. The van der Waals surface area contributed by atoms with Gasteiger partial charge in [-0.1, -0.05) is 43.3 Å². The number of carbonyl (C=O) groups is 1. The highest BCUT2D eigenvalue weighted by atomic mass is 16.5. The monoisotopic (exact) mass is 313 g/mol. The molecule has 0 saturated carbocycles. The molecule has 1 amide bonds. The number of para-hydroxylation sites is 2. The fourth-order valence-electron chi connectivity index (χ4n) is 2.30. The van der Waals surface area contributed by atoms with E-state index in [1.54, 1.807) is 13.2 Å². The zero-order valence-electron chi connectivity index (χ0n) is 13.8. The number of hydrogen-bond acceptors (Lipinski definition) is 3. The lowest BCUT2D eigenvalue weighted by Crippen LogP contribution is -2.37. The van der Waals surface area contributed by atoms with E-state index in [9.17, 15) is 4.79 Å². The van der Waals surface area contributed by atoms with Crippen LogP contribution in [-0.2, 0) is 11.3 Å². The van der Waals surface area contributed by atoms with Gasteiger partial charge in [0.05, 0.1) is 7.11 Å². The fourth-order valence-corrected chi connectivity index (χ4v) is 2.30. The third-order valence-electron chi connectivity index (χ3n) is 3.72. The van der Waals surface area contributed by atoms with Gasteiger partial charge in [-0.3, -0.25) is 4.79 Å². The smallest absolute Gasteiger partial charge is 0.261 e. The topological polar surface area (TPSA) is 47.6 Å². The average Bonchev–Trinajstić information content (AvgIpc) is 2.59. The van der Waals surface area contributed by atoms with Crippen LogP contribution >= 0.6 is 0 Å². The van der Waals surface area contributed by atoms with Crippen molar-refractivity contribution in [3.63, 3.8) is 0 Å². The number of nitrogens with one attached hydrogen (secondary N) is 1. The molecule has 1 atom stereocenters. The fraction of sp³-hybridized carbons (Fsp3) is 0.316. The third kappa shape index (κ3) is 4.49. The second-order valence-electron chi connectivity index (χ2n) is 5.31. The summed E-state index contributed by atoms with van der Waals surface area (Å²) < 4.78 is 11.1. The van der Waals surface area contributed by atoms with Gasteiger partial charge in [-0.25, -0.2) is 0 Å². The van der Waals surface area contributed by atoms with Crippen LogP contribution in [0.25, 0.3) is 0 Å². The van der Waals surface area contributed by atoms with Crippen molar-refractivity contribution in [2.24, 2.45) is 0 Å². The molecule has 2 aromatic rings. The summed E-state index contributed by atoms with van der Waals surface area (Å²) in [5.41, 5.74) is 2.26. The lowest BCUT2D eigenvalue weighted by atomic mass is 10.1. The standard InChI is InChI=1S/C19H23NO3/c1-4-16(23-18-12-8-7-11-17(18)22-3)19(21)20-13-15-10-6-5-9-14(15)2/h5-12,16H,4,13H2,1-3H3,(H,20,21)/t16-/m0/s1. The Morgan fingerprint density at radius 2 is 1.74 bits per heavy atom. The lowest BCUT2D eigenvalue weighted by molar-refractivity contribution is -0.128. The molecule has 0 aliphatic rings. The van der Waals surface area contributed by atoms with Crippen LogP contribution in [0.3, 0.4) is 0 Å². The van der Waals surface area contributed by atoms with Gasteiger partial charge < -0.3 is 14.8 Å². The molecule has 2 aromatic carbocycles. The lowest BCUT2D eigenvalue weighted by Gasteiger charge is -2.19. The molecular formula is C19H23NO3. The summed E-state index contributed by atoms with van der Waals surface area (Å²) in [5.74, 6) is 1.08. The van der Waals surface area contributed by atoms with Crippen LogP contribution in [0.1, 0.15) is 24.5 Å². The third-order valence-corrected chi connectivity index (χ3v) is 3.72. The van der Waals surface area contributed by atoms with E-state index < -0.39 is 6.10 Å². The van der Waals surface area contributed by atoms with E-state index in [1.807, 2.05) is 56.3 Å². The molecule has 23 heavy (non-hydrogen) atoms. The van der Waals surface area contributed by atoms with Crippen molar-refractivity contribution in [2.45, 2.75) is 32.9 Å². The predicted molar refractivity (Wildman–Crippen MR) is 90.7 cm³/mol. The SMILES string of the molecule is CC[C@H](Oc1ccccc1OC)C(=O)NCc1ccccc1C. The van der Waals surface area contributed by atoms with E-state index in [-0.39, 0.29) is 5.91 Å². The van der Waals surface area contributed by atoms with Gasteiger partial charge in [0.2, 0.25) is 0 Å². The zero-order valence-corrected chi connectivity index (χ0v) is 13.8. The summed E-state index contributed by atoms with van der Waals surface area (Å²) in [4.78, 5) is 12.4. The highest BCUT2D eigenvalue weighted by Crippen LogP contribution is 2.27. The van der Waals surface area contributed by atoms with E-state index in [1.165, 1.54) is 0 Å². The Bertz CT molecular complexity index is 655. The van der Waals surface area contributed by atoms with E-state index in [4.69, 9.17) is 9.47 Å². The molecule has 0 saturated heterocycles. The number of hydrogen-bond donors (Lipinski definition) is 1.